The van der Waals surface area contributed by atoms with E-state index < -0.39 is 23.6 Å². The Labute approximate surface area is 90.0 Å². The molecule has 1 saturated heterocycles. The molecule has 86 valence electrons. The Morgan fingerprint density at radius 1 is 1.19 bits per heavy atom. The van der Waals surface area contributed by atoms with E-state index >= 15 is 0 Å². The zero-order valence-electron chi connectivity index (χ0n) is 8.30. The third-order valence-corrected chi connectivity index (χ3v) is 2.48. The quantitative estimate of drug-likeness (QED) is 0.741. The number of rotatable bonds is 1. The van der Waals surface area contributed by atoms with Crippen molar-refractivity contribution in [3.05, 3.63) is 35.1 Å². The van der Waals surface area contributed by atoms with Crippen molar-refractivity contribution in [3.63, 3.8) is 0 Å². The van der Waals surface area contributed by atoms with Gasteiger partial charge in [-0.3, -0.25) is 4.79 Å². The van der Waals surface area contributed by atoms with Crippen LogP contribution in [0.2, 0.25) is 0 Å². The second kappa shape index (κ2) is 4.25. The maximum absolute atomic E-state index is 13.4. The van der Waals surface area contributed by atoms with Gasteiger partial charge in [-0.05, 0) is 0 Å². The Morgan fingerprint density at radius 3 is 2.38 bits per heavy atom. The van der Waals surface area contributed by atoms with Crippen LogP contribution in [0.25, 0.3) is 0 Å². The molecular formula is C11H9F3O2. The van der Waals surface area contributed by atoms with Crippen molar-refractivity contribution in [3.8, 4) is 0 Å². The van der Waals surface area contributed by atoms with E-state index in [1.807, 2.05) is 0 Å². The molecule has 0 aliphatic carbocycles. The summed E-state index contributed by atoms with van der Waals surface area (Å²) in [6, 6.07) is 1.17. The highest BCUT2D eigenvalue weighted by Gasteiger charge is 2.27. The summed E-state index contributed by atoms with van der Waals surface area (Å²) in [5, 5.41) is 0. The highest BCUT2D eigenvalue weighted by Crippen LogP contribution is 2.30. The van der Waals surface area contributed by atoms with Gasteiger partial charge in [-0.2, -0.15) is 0 Å². The first kappa shape index (κ1) is 11.1. The number of ether oxygens (including phenoxy) is 1. The van der Waals surface area contributed by atoms with Gasteiger partial charge in [-0.25, -0.2) is 13.2 Å². The van der Waals surface area contributed by atoms with Crippen LogP contribution in [-0.4, -0.2) is 12.4 Å². The zero-order chi connectivity index (χ0) is 11.7. The summed E-state index contributed by atoms with van der Waals surface area (Å²) < 4.78 is 44.5. The van der Waals surface area contributed by atoms with Crippen LogP contribution in [0.1, 0.15) is 24.5 Å². The van der Waals surface area contributed by atoms with Gasteiger partial charge in [0.2, 0.25) is 0 Å². The summed E-state index contributed by atoms with van der Waals surface area (Å²) in [7, 11) is 0. The predicted molar refractivity (Wildman–Crippen MR) is 49.3 cm³/mol. The van der Waals surface area contributed by atoms with E-state index in [-0.39, 0.29) is 30.8 Å². The minimum atomic E-state index is -1.02. The fraction of sp³-hybridized carbons (Fsp3) is 0.364. The van der Waals surface area contributed by atoms with Crippen molar-refractivity contribution in [2.45, 2.75) is 18.9 Å². The van der Waals surface area contributed by atoms with Gasteiger partial charge in [0.25, 0.3) is 0 Å². The molecule has 0 spiro atoms. The third kappa shape index (κ3) is 2.09. The Hall–Kier alpha value is -1.36. The standard InChI is InChI=1S/C11H9F3O2/c12-6-3-8(13)11(9(14)4-6)10-5-7(15)1-2-16-10/h3-4,10H,1-2,5H2. The molecule has 2 rings (SSSR count). The van der Waals surface area contributed by atoms with Crippen molar-refractivity contribution in [2.24, 2.45) is 0 Å². The largest absolute Gasteiger partial charge is 0.372 e. The molecule has 1 fully saturated rings. The molecule has 0 aromatic heterocycles. The summed E-state index contributed by atoms with van der Waals surface area (Å²) >= 11 is 0. The van der Waals surface area contributed by atoms with Gasteiger partial charge in [-0.1, -0.05) is 0 Å². The predicted octanol–water partition coefficient (Wildman–Crippen LogP) is 2.52. The Kier molecular flexibility index (Phi) is 2.96. The molecule has 0 saturated carbocycles. The van der Waals surface area contributed by atoms with Gasteiger partial charge in [0.15, 0.2) is 0 Å². The van der Waals surface area contributed by atoms with E-state index in [9.17, 15) is 18.0 Å². The number of ketones is 1. The van der Waals surface area contributed by atoms with Crippen LogP contribution in [0.3, 0.4) is 0 Å². The zero-order valence-corrected chi connectivity index (χ0v) is 8.30. The third-order valence-electron chi connectivity index (χ3n) is 2.48. The molecule has 0 bridgehead atoms. The van der Waals surface area contributed by atoms with E-state index in [4.69, 9.17) is 4.74 Å². The number of benzene rings is 1. The van der Waals surface area contributed by atoms with Crippen molar-refractivity contribution in [1.82, 2.24) is 0 Å². The molecule has 5 heteroatoms. The van der Waals surface area contributed by atoms with Gasteiger partial charge in [0.05, 0.1) is 18.3 Å². The maximum Gasteiger partial charge on any atom is 0.138 e. The van der Waals surface area contributed by atoms with Crippen LogP contribution in [0.5, 0.6) is 0 Å². The van der Waals surface area contributed by atoms with Crippen LogP contribution >= 0.6 is 0 Å². The van der Waals surface area contributed by atoms with Gasteiger partial charge in [0, 0.05) is 25.0 Å². The monoisotopic (exact) mass is 230 g/mol. The normalized spacial score (nSPS) is 21.2. The van der Waals surface area contributed by atoms with E-state index in [2.05, 4.69) is 0 Å². The lowest BCUT2D eigenvalue weighted by molar-refractivity contribution is -0.128. The summed E-state index contributed by atoms with van der Waals surface area (Å²) in [4.78, 5) is 11.1. The SMILES string of the molecule is O=C1CCOC(c2c(F)cc(F)cc2F)C1. The van der Waals surface area contributed by atoms with Crippen molar-refractivity contribution < 1.29 is 22.7 Å². The highest BCUT2D eigenvalue weighted by atomic mass is 19.1. The van der Waals surface area contributed by atoms with Crippen LogP contribution in [0.4, 0.5) is 13.2 Å². The van der Waals surface area contributed by atoms with Gasteiger partial charge >= 0.3 is 0 Å². The number of halogens is 3. The molecule has 1 aromatic rings. The second-order valence-electron chi connectivity index (χ2n) is 3.64. The van der Waals surface area contributed by atoms with Crippen LogP contribution in [0.15, 0.2) is 12.1 Å². The average Bonchev–Trinajstić information content (AvgIpc) is 2.15. The Morgan fingerprint density at radius 2 is 1.81 bits per heavy atom. The Bertz CT molecular complexity index is 408. The molecule has 0 radical (unpaired) electrons. The van der Waals surface area contributed by atoms with Crippen LogP contribution in [-0.2, 0) is 9.53 Å². The fourth-order valence-corrected chi connectivity index (χ4v) is 1.73. The van der Waals surface area contributed by atoms with E-state index in [1.165, 1.54) is 0 Å². The molecule has 1 aliphatic heterocycles. The van der Waals surface area contributed by atoms with Crippen LogP contribution in [0, 0.1) is 17.5 Å². The summed E-state index contributed by atoms with van der Waals surface area (Å²) in [6.07, 6.45) is -0.762. The van der Waals surface area contributed by atoms with Crippen molar-refractivity contribution in [1.29, 1.82) is 0 Å². The second-order valence-corrected chi connectivity index (χ2v) is 3.64. The first-order valence-corrected chi connectivity index (χ1v) is 4.85. The Balaban J connectivity index is 2.35. The minimum Gasteiger partial charge on any atom is -0.372 e. The fourth-order valence-electron chi connectivity index (χ4n) is 1.73. The average molecular weight is 230 g/mol. The first-order valence-electron chi connectivity index (χ1n) is 4.85. The molecular weight excluding hydrogens is 221 g/mol. The molecule has 2 nitrogen and oxygen atoms in total. The van der Waals surface area contributed by atoms with Gasteiger partial charge < -0.3 is 4.74 Å². The molecule has 0 amide bonds. The van der Waals surface area contributed by atoms with Crippen molar-refractivity contribution in [2.75, 3.05) is 6.61 Å². The van der Waals surface area contributed by atoms with Crippen molar-refractivity contribution >= 4 is 5.78 Å². The summed E-state index contributed by atoms with van der Waals surface area (Å²) in [6.45, 7) is 0.139. The number of Topliss-reactive ketones (excluding diaryl/α,β-unsaturated/α-hetero) is 1. The molecule has 1 unspecified atom stereocenters. The minimum absolute atomic E-state index is 0.0700. The lowest BCUT2D eigenvalue weighted by atomic mass is 9.99. The number of carbonyl (C=O) groups is 1. The topological polar surface area (TPSA) is 26.3 Å². The number of hydrogen-bond donors (Lipinski definition) is 0. The molecule has 0 N–H and O–H groups in total. The highest BCUT2D eigenvalue weighted by molar-refractivity contribution is 5.79. The lowest BCUT2D eigenvalue weighted by Gasteiger charge is -2.22. The molecule has 1 heterocycles. The van der Waals surface area contributed by atoms with E-state index in [1.54, 1.807) is 0 Å². The number of carbonyl (C=O) groups excluding carboxylic acids is 1. The smallest absolute Gasteiger partial charge is 0.138 e. The molecule has 1 atom stereocenters. The van der Waals surface area contributed by atoms with Gasteiger partial charge in [-0.15, -0.1) is 0 Å². The summed E-state index contributed by atoms with van der Waals surface area (Å²) in [5.74, 6) is -3.13. The van der Waals surface area contributed by atoms with E-state index in [0.717, 1.165) is 0 Å². The van der Waals surface area contributed by atoms with Crippen LogP contribution < -0.4 is 0 Å². The van der Waals surface area contributed by atoms with Gasteiger partial charge in [0.1, 0.15) is 23.2 Å². The maximum atomic E-state index is 13.4. The molecule has 16 heavy (non-hydrogen) atoms. The summed E-state index contributed by atoms with van der Waals surface area (Å²) in [5.41, 5.74) is -0.366. The molecule has 1 aromatic carbocycles. The van der Waals surface area contributed by atoms with E-state index in [0.29, 0.717) is 12.1 Å². The first-order chi connectivity index (χ1) is 7.58. The number of hydrogen-bond acceptors (Lipinski definition) is 2. The molecule has 1 aliphatic rings. The lowest BCUT2D eigenvalue weighted by Crippen LogP contribution is -2.21.